The summed E-state index contributed by atoms with van der Waals surface area (Å²) in [5.74, 6) is -1.23. The number of anilines is 2. The van der Waals surface area contributed by atoms with Crippen molar-refractivity contribution in [1.82, 2.24) is 0 Å². The standard InChI is InChI=1S/C21H20N2O5S/c1-3-28-20(26)14-8-10-15(11-9-14)22-18(24)12-17-19(25)23(21(27)29-17)16-7-5-4-6-13(16)2/h4-11,17H,3,12H2,1-2H3,(H,22,24)/t17-/m0/s1. The Hall–Kier alpha value is -3.13. The lowest BCUT2D eigenvalue weighted by Crippen LogP contribution is -2.33. The summed E-state index contributed by atoms with van der Waals surface area (Å²) >= 11 is 0.851. The van der Waals surface area contributed by atoms with Crippen molar-refractivity contribution in [3.05, 3.63) is 59.7 Å². The van der Waals surface area contributed by atoms with Crippen LogP contribution in [0.15, 0.2) is 48.5 Å². The number of ether oxygens (including phenoxy) is 1. The monoisotopic (exact) mass is 412 g/mol. The Kier molecular flexibility index (Phi) is 6.33. The van der Waals surface area contributed by atoms with Crippen molar-refractivity contribution in [3.63, 3.8) is 0 Å². The molecule has 0 aromatic heterocycles. The number of rotatable bonds is 6. The molecule has 3 rings (SSSR count). The summed E-state index contributed by atoms with van der Waals surface area (Å²) in [5, 5.41) is 1.52. The molecule has 1 heterocycles. The van der Waals surface area contributed by atoms with E-state index in [-0.39, 0.29) is 24.2 Å². The third-order valence-electron chi connectivity index (χ3n) is 4.33. The number of para-hydroxylation sites is 1. The number of aryl methyl sites for hydroxylation is 1. The summed E-state index contributed by atoms with van der Waals surface area (Å²) in [5.41, 5.74) is 2.21. The lowest BCUT2D eigenvalue weighted by molar-refractivity contribution is -0.121. The van der Waals surface area contributed by atoms with Gasteiger partial charge in [0.25, 0.3) is 5.24 Å². The van der Waals surface area contributed by atoms with E-state index in [2.05, 4.69) is 5.32 Å². The molecule has 1 atom stereocenters. The zero-order valence-electron chi connectivity index (χ0n) is 16.0. The second-order valence-electron chi connectivity index (χ2n) is 6.38. The van der Waals surface area contributed by atoms with Crippen molar-refractivity contribution in [2.75, 3.05) is 16.8 Å². The van der Waals surface area contributed by atoms with Gasteiger partial charge in [0.15, 0.2) is 0 Å². The van der Waals surface area contributed by atoms with E-state index in [0.717, 1.165) is 22.2 Å². The number of nitrogens with one attached hydrogen (secondary N) is 1. The molecule has 7 nitrogen and oxygen atoms in total. The summed E-state index contributed by atoms with van der Waals surface area (Å²) in [6.45, 7) is 3.82. The van der Waals surface area contributed by atoms with Crippen LogP contribution in [-0.4, -0.2) is 34.9 Å². The second kappa shape index (κ2) is 8.91. The van der Waals surface area contributed by atoms with Crippen LogP contribution in [-0.2, 0) is 14.3 Å². The smallest absolute Gasteiger partial charge is 0.338 e. The quantitative estimate of drug-likeness (QED) is 0.726. The average Bonchev–Trinajstić information content (AvgIpc) is 2.96. The maximum absolute atomic E-state index is 12.7. The number of hydrogen-bond acceptors (Lipinski definition) is 6. The van der Waals surface area contributed by atoms with Crippen LogP contribution in [0.25, 0.3) is 0 Å². The molecule has 1 aliphatic heterocycles. The Bertz CT molecular complexity index is 958. The van der Waals surface area contributed by atoms with E-state index >= 15 is 0 Å². The Labute approximate surface area is 172 Å². The molecule has 1 N–H and O–H groups in total. The predicted octanol–water partition coefficient (Wildman–Crippen LogP) is 3.77. The molecular weight excluding hydrogens is 392 g/mol. The van der Waals surface area contributed by atoms with Crippen LogP contribution in [0.1, 0.15) is 29.3 Å². The van der Waals surface area contributed by atoms with Crippen molar-refractivity contribution >= 4 is 46.2 Å². The number of hydrogen-bond donors (Lipinski definition) is 1. The van der Waals surface area contributed by atoms with Gasteiger partial charge in [-0.15, -0.1) is 0 Å². The van der Waals surface area contributed by atoms with Gasteiger partial charge < -0.3 is 10.1 Å². The number of nitrogens with zero attached hydrogens (tertiary/aromatic N) is 1. The summed E-state index contributed by atoms with van der Waals surface area (Å²) in [4.78, 5) is 50.2. The molecule has 2 aromatic rings. The maximum atomic E-state index is 12.7. The molecule has 3 amide bonds. The number of carbonyl (C=O) groups is 4. The number of amides is 3. The molecule has 29 heavy (non-hydrogen) atoms. The minimum absolute atomic E-state index is 0.128. The van der Waals surface area contributed by atoms with E-state index in [1.54, 1.807) is 43.3 Å². The van der Waals surface area contributed by atoms with Gasteiger partial charge in [-0.3, -0.25) is 14.4 Å². The summed E-state index contributed by atoms with van der Waals surface area (Å²) in [6, 6.07) is 13.4. The van der Waals surface area contributed by atoms with Crippen molar-refractivity contribution in [1.29, 1.82) is 0 Å². The fourth-order valence-electron chi connectivity index (χ4n) is 2.90. The molecule has 0 unspecified atom stereocenters. The number of carbonyl (C=O) groups excluding carboxylic acids is 4. The van der Waals surface area contributed by atoms with Crippen molar-refractivity contribution < 1.29 is 23.9 Å². The topological polar surface area (TPSA) is 92.8 Å². The van der Waals surface area contributed by atoms with E-state index in [1.807, 2.05) is 19.1 Å². The highest BCUT2D eigenvalue weighted by molar-refractivity contribution is 8.15. The lowest BCUT2D eigenvalue weighted by Gasteiger charge is -2.16. The molecule has 2 aromatic carbocycles. The molecule has 1 aliphatic rings. The first-order chi connectivity index (χ1) is 13.9. The summed E-state index contributed by atoms with van der Waals surface area (Å²) in [7, 11) is 0. The molecule has 1 fully saturated rings. The number of thioether (sulfide) groups is 1. The highest BCUT2D eigenvalue weighted by Gasteiger charge is 2.42. The zero-order chi connectivity index (χ0) is 21.0. The molecule has 0 bridgehead atoms. The highest BCUT2D eigenvalue weighted by atomic mass is 32.2. The van der Waals surface area contributed by atoms with Gasteiger partial charge in [0.2, 0.25) is 11.8 Å². The van der Waals surface area contributed by atoms with Crippen molar-refractivity contribution in [2.45, 2.75) is 25.5 Å². The van der Waals surface area contributed by atoms with Crippen LogP contribution in [0.2, 0.25) is 0 Å². The van der Waals surface area contributed by atoms with Gasteiger partial charge in [-0.1, -0.05) is 18.2 Å². The number of esters is 1. The fraction of sp³-hybridized carbons (Fsp3) is 0.238. The zero-order valence-corrected chi connectivity index (χ0v) is 16.8. The normalized spacial score (nSPS) is 16.1. The SMILES string of the molecule is CCOC(=O)c1ccc(NC(=O)C[C@@H]2SC(=O)N(c3ccccc3C)C2=O)cc1. The molecule has 0 aliphatic carbocycles. The first-order valence-electron chi connectivity index (χ1n) is 9.08. The highest BCUT2D eigenvalue weighted by Crippen LogP contribution is 2.35. The van der Waals surface area contributed by atoms with Crippen LogP contribution in [0, 0.1) is 6.92 Å². The Morgan fingerprint density at radius 1 is 1.10 bits per heavy atom. The second-order valence-corrected chi connectivity index (χ2v) is 7.54. The third-order valence-corrected chi connectivity index (χ3v) is 5.37. The van der Waals surface area contributed by atoms with E-state index < -0.39 is 17.1 Å². The summed E-state index contributed by atoms with van der Waals surface area (Å²) < 4.78 is 4.91. The molecule has 0 radical (unpaired) electrons. The molecule has 0 saturated carbocycles. The Balaban J connectivity index is 1.62. The van der Waals surface area contributed by atoms with Crippen LogP contribution < -0.4 is 10.2 Å². The number of imide groups is 1. The van der Waals surface area contributed by atoms with Crippen LogP contribution >= 0.6 is 11.8 Å². The first kappa shape index (κ1) is 20.6. The fourth-order valence-corrected chi connectivity index (χ4v) is 3.88. The van der Waals surface area contributed by atoms with Crippen molar-refractivity contribution in [3.8, 4) is 0 Å². The minimum atomic E-state index is -0.777. The first-order valence-corrected chi connectivity index (χ1v) is 9.96. The van der Waals surface area contributed by atoms with Crippen LogP contribution in [0.3, 0.4) is 0 Å². The molecule has 8 heteroatoms. The summed E-state index contributed by atoms with van der Waals surface area (Å²) in [6.07, 6.45) is -0.128. The largest absolute Gasteiger partial charge is 0.462 e. The molecular formula is C21H20N2O5S. The molecule has 1 saturated heterocycles. The van der Waals surface area contributed by atoms with E-state index in [4.69, 9.17) is 4.74 Å². The van der Waals surface area contributed by atoms with Gasteiger partial charge in [-0.2, -0.15) is 0 Å². The average molecular weight is 412 g/mol. The third kappa shape index (κ3) is 4.65. The van der Waals surface area contributed by atoms with Crippen LogP contribution in [0.5, 0.6) is 0 Å². The van der Waals surface area contributed by atoms with Gasteiger partial charge in [0.05, 0.1) is 17.9 Å². The van der Waals surface area contributed by atoms with Crippen molar-refractivity contribution in [2.24, 2.45) is 0 Å². The minimum Gasteiger partial charge on any atom is -0.462 e. The maximum Gasteiger partial charge on any atom is 0.338 e. The predicted molar refractivity (Wildman–Crippen MR) is 111 cm³/mol. The van der Waals surface area contributed by atoms with Gasteiger partial charge in [0.1, 0.15) is 5.25 Å². The van der Waals surface area contributed by atoms with Gasteiger partial charge in [-0.05, 0) is 61.5 Å². The van der Waals surface area contributed by atoms with E-state index in [1.165, 1.54) is 0 Å². The molecule has 0 spiro atoms. The Morgan fingerprint density at radius 2 is 1.79 bits per heavy atom. The van der Waals surface area contributed by atoms with E-state index in [0.29, 0.717) is 16.9 Å². The number of benzene rings is 2. The lowest BCUT2D eigenvalue weighted by atomic mass is 10.1. The van der Waals surface area contributed by atoms with E-state index in [9.17, 15) is 19.2 Å². The molecule has 150 valence electrons. The van der Waals surface area contributed by atoms with Crippen LogP contribution in [0.4, 0.5) is 16.2 Å². The Morgan fingerprint density at radius 3 is 2.45 bits per heavy atom. The van der Waals surface area contributed by atoms with Gasteiger partial charge in [-0.25, -0.2) is 9.69 Å². The van der Waals surface area contributed by atoms with Gasteiger partial charge >= 0.3 is 5.97 Å². The van der Waals surface area contributed by atoms with Gasteiger partial charge in [0, 0.05) is 12.1 Å².